The summed E-state index contributed by atoms with van der Waals surface area (Å²) in [6, 6.07) is 19.6. The zero-order valence-corrected chi connectivity index (χ0v) is 14.9. The molecular weight excluding hydrogens is 380 g/mol. The van der Waals surface area contributed by atoms with Gasteiger partial charge in [-0.3, -0.25) is 9.36 Å². The Bertz CT molecular complexity index is 1120. The van der Waals surface area contributed by atoms with Crippen molar-refractivity contribution in [3.63, 3.8) is 0 Å². The van der Waals surface area contributed by atoms with E-state index in [0.717, 1.165) is 15.6 Å². The maximum absolute atomic E-state index is 12.5. The number of hydrogen-bond donors (Lipinski definition) is 0. The number of rotatable bonds is 4. The fraction of sp³-hybridized carbons (Fsp3) is 0.100. The Kier molecular flexibility index (Phi) is 4.24. The molecule has 0 spiro atoms. The third-order valence-electron chi connectivity index (χ3n) is 4.11. The minimum absolute atomic E-state index is 0.0617. The lowest BCUT2D eigenvalue weighted by Gasteiger charge is -2.09. The smallest absolute Gasteiger partial charge is 0.261 e. The molecule has 0 saturated carbocycles. The van der Waals surface area contributed by atoms with Gasteiger partial charge >= 0.3 is 0 Å². The van der Waals surface area contributed by atoms with Crippen LogP contribution in [0.15, 0.2) is 76.3 Å². The lowest BCUT2D eigenvalue weighted by molar-refractivity contribution is 0.296. The zero-order valence-electron chi connectivity index (χ0n) is 13.4. The predicted molar refractivity (Wildman–Crippen MR) is 103 cm³/mol. The molecule has 4 nitrogen and oxygen atoms in total. The fourth-order valence-corrected chi connectivity index (χ4v) is 3.17. The van der Waals surface area contributed by atoms with Gasteiger partial charge in [-0.1, -0.05) is 46.3 Å². The maximum atomic E-state index is 12.5. The number of aromatic nitrogens is 2. The minimum Gasteiger partial charge on any atom is -0.492 e. The standard InChI is InChI=1S/C20H15BrN2O2/c21-16-6-8-19-18(12-16)20(24)23(13-22-19)9-10-25-17-7-5-14-3-1-2-4-15(14)11-17/h1-8,11-13H,9-10H2. The van der Waals surface area contributed by atoms with Gasteiger partial charge in [-0.2, -0.15) is 0 Å². The van der Waals surface area contributed by atoms with Crippen LogP contribution in [0, 0.1) is 0 Å². The van der Waals surface area contributed by atoms with Crippen LogP contribution in [0.4, 0.5) is 0 Å². The molecule has 0 unspecified atom stereocenters. The molecule has 0 fully saturated rings. The Balaban J connectivity index is 1.52. The van der Waals surface area contributed by atoms with Crippen molar-refractivity contribution in [3.8, 4) is 5.75 Å². The molecule has 0 aliphatic heterocycles. The summed E-state index contributed by atoms with van der Waals surface area (Å²) in [4.78, 5) is 16.9. The quantitative estimate of drug-likeness (QED) is 0.515. The van der Waals surface area contributed by atoms with Crippen LogP contribution >= 0.6 is 15.9 Å². The molecule has 4 aromatic rings. The normalized spacial score (nSPS) is 11.1. The molecular formula is C20H15BrN2O2. The number of fused-ring (bicyclic) bond motifs is 2. The highest BCUT2D eigenvalue weighted by Crippen LogP contribution is 2.20. The van der Waals surface area contributed by atoms with E-state index < -0.39 is 0 Å². The van der Waals surface area contributed by atoms with E-state index in [1.54, 1.807) is 17.0 Å². The average Bonchev–Trinajstić information content (AvgIpc) is 2.64. The number of nitrogens with zero attached hydrogens (tertiary/aromatic N) is 2. The first-order valence-electron chi connectivity index (χ1n) is 7.97. The van der Waals surface area contributed by atoms with E-state index in [1.165, 1.54) is 5.39 Å². The predicted octanol–water partition coefficient (Wildman–Crippen LogP) is 4.39. The van der Waals surface area contributed by atoms with Gasteiger partial charge in [-0.15, -0.1) is 0 Å². The highest BCUT2D eigenvalue weighted by molar-refractivity contribution is 9.10. The molecule has 0 aliphatic rings. The molecule has 0 atom stereocenters. The first-order valence-corrected chi connectivity index (χ1v) is 8.76. The Labute approximate surface area is 152 Å². The zero-order chi connectivity index (χ0) is 17.2. The topological polar surface area (TPSA) is 44.1 Å². The van der Waals surface area contributed by atoms with Crippen LogP contribution in [0.25, 0.3) is 21.7 Å². The lowest BCUT2D eigenvalue weighted by atomic mass is 10.1. The molecule has 0 aliphatic carbocycles. The third kappa shape index (κ3) is 3.28. The van der Waals surface area contributed by atoms with Gasteiger partial charge in [0.05, 0.1) is 23.8 Å². The molecule has 0 bridgehead atoms. The van der Waals surface area contributed by atoms with Crippen LogP contribution in [0.3, 0.4) is 0 Å². The number of hydrogen-bond acceptors (Lipinski definition) is 3. The second kappa shape index (κ2) is 6.69. The molecule has 0 saturated heterocycles. The van der Waals surface area contributed by atoms with Crippen LogP contribution in [-0.2, 0) is 6.54 Å². The third-order valence-corrected chi connectivity index (χ3v) is 4.60. The number of ether oxygens (including phenoxy) is 1. The molecule has 1 aromatic heterocycles. The molecule has 124 valence electrons. The van der Waals surface area contributed by atoms with Gasteiger partial charge in [-0.05, 0) is 41.1 Å². The Hall–Kier alpha value is -2.66. The van der Waals surface area contributed by atoms with E-state index in [9.17, 15) is 4.79 Å². The summed E-state index contributed by atoms with van der Waals surface area (Å²) < 4.78 is 8.26. The first kappa shape index (κ1) is 15.8. The van der Waals surface area contributed by atoms with Crippen LogP contribution in [-0.4, -0.2) is 16.2 Å². The van der Waals surface area contributed by atoms with Crippen LogP contribution in [0.1, 0.15) is 0 Å². The van der Waals surface area contributed by atoms with Crippen LogP contribution in [0.5, 0.6) is 5.75 Å². The van der Waals surface area contributed by atoms with Gasteiger partial charge in [0.1, 0.15) is 12.4 Å². The van der Waals surface area contributed by atoms with E-state index in [4.69, 9.17) is 4.74 Å². The van der Waals surface area contributed by atoms with E-state index in [-0.39, 0.29) is 5.56 Å². The maximum Gasteiger partial charge on any atom is 0.261 e. The molecule has 0 amide bonds. The van der Waals surface area contributed by atoms with Gasteiger partial charge < -0.3 is 4.74 Å². The summed E-state index contributed by atoms with van der Waals surface area (Å²) in [6.45, 7) is 0.848. The molecule has 25 heavy (non-hydrogen) atoms. The van der Waals surface area contributed by atoms with E-state index in [1.807, 2.05) is 42.5 Å². The van der Waals surface area contributed by atoms with Crippen molar-refractivity contribution in [1.82, 2.24) is 9.55 Å². The van der Waals surface area contributed by atoms with Gasteiger partial charge in [0.25, 0.3) is 5.56 Å². The van der Waals surface area contributed by atoms with Gasteiger partial charge in [-0.25, -0.2) is 4.98 Å². The average molecular weight is 395 g/mol. The van der Waals surface area contributed by atoms with Crippen LogP contribution < -0.4 is 10.3 Å². The summed E-state index contributed by atoms with van der Waals surface area (Å²) in [7, 11) is 0. The minimum atomic E-state index is -0.0617. The Morgan fingerprint density at radius 2 is 1.84 bits per heavy atom. The summed E-state index contributed by atoms with van der Waals surface area (Å²) in [5, 5.41) is 2.91. The van der Waals surface area contributed by atoms with Crippen molar-refractivity contribution < 1.29 is 4.74 Å². The lowest BCUT2D eigenvalue weighted by Crippen LogP contribution is -2.23. The van der Waals surface area contributed by atoms with Crippen molar-refractivity contribution in [1.29, 1.82) is 0 Å². The molecule has 5 heteroatoms. The van der Waals surface area contributed by atoms with E-state index in [0.29, 0.717) is 24.1 Å². The monoisotopic (exact) mass is 394 g/mol. The van der Waals surface area contributed by atoms with Gasteiger partial charge in [0.2, 0.25) is 0 Å². The highest BCUT2D eigenvalue weighted by atomic mass is 79.9. The van der Waals surface area contributed by atoms with Crippen molar-refractivity contribution in [2.75, 3.05) is 6.61 Å². The Morgan fingerprint density at radius 3 is 2.72 bits per heavy atom. The molecule has 4 rings (SSSR count). The summed E-state index contributed by atoms with van der Waals surface area (Å²) >= 11 is 3.39. The SMILES string of the molecule is O=c1c2cc(Br)ccc2ncn1CCOc1ccc2ccccc2c1. The number of halogens is 1. The van der Waals surface area contributed by atoms with E-state index in [2.05, 4.69) is 33.0 Å². The van der Waals surface area contributed by atoms with E-state index >= 15 is 0 Å². The molecule has 3 aromatic carbocycles. The van der Waals surface area contributed by atoms with Gasteiger partial charge in [0.15, 0.2) is 0 Å². The Morgan fingerprint density at radius 1 is 1.00 bits per heavy atom. The molecule has 0 radical (unpaired) electrons. The van der Waals surface area contributed by atoms with Crippen molar-refractivity contribution in [2.24, 2.45) is 0 Å². The molecule has 1 heterocycles. The van der Waals surface area contributed by atoms with Crippen molar-refractivity contribution in [2.45, 2.75) is 6.54 Å². The van der Waals surface area contributed by atoms with Gasteiger partial charge in [0, 0.05) is 4.47 Å². The first-order chi connectivity index (χ1) is 12.2. The summed E-state index contributed by atoms with van der Waals surface area (Å²) in [5.74, 6) is 0.795. The molecule has 0 N–H and O–H groups in total. The van der Waals surface area contributed by atoms with Crippen molar-refractivity contribution in [3.05, 3.63) is 81.8 Å². The second-order valence-corrected chi connectivity index (χ2v) is 6.68. The second-order valence-electron chi connectivity index (χ2n) is 5.76. The number of benzene rings is 3. The fourth-order valence-electron chi connectivity index (χ4n) is 2.81. The van der Waals surface area contributed by atoms with Crippen molar-refractivity contribution >= 4 is 37.6 Å². The highest BCUT2D eigenvalue weighted by Gasteiger charge is 2.05. The summed E-state index contributed by atoms with van der Waals surface area (Å²) in [6.07, 6.45) is 1.57. The summed E-state index contributed by atoms with van der Waals surface area (Å²) in [5.41, 5.74) is 0.633. The van der Waals surface area contributed by atoms with Crippen LogP contribution in [0.2, 0.25) is 0 Å². The largest absolute Gasteiger partial charge is 0.492 e.